The van der Waals surface area contributed by atoms with Crippen molar-refractivity contribution in [3.63, 3.8) is 0 Å². The molecule has 0 aromatic heterocycles. The highest BCUT2D eigenvalue weighted by Gasteiger charge is 2.34. The molecule has 0 bridgehead atoms. The second-order valence-corrected chi connectivity index (χ2v) is 14.0. The highest BCUT2D eigenvalue weighted by molar-refractivity contribution is 9.10. The molecule has 0 saturated heterocycles. The number of amides is 2. The number of carbonyl (C=O) groups is 2. The van der Waals surface area contributed by atoms with Gasteiger partial charge < -0.3 is 10.2 Å². The van der Waals surface area contributed by atoms with Gasteiger partial charge in [-0.3, -0.25) is 13.9 Å². The van der Waals surface area contributed by atoms with Crippen molar-refractivity contribution in [2.75, 3.05) is 17.4 Å². The maximum atomic E-state index is 14.5. The lowest BCUT2D eigenvalue weighted by Gasteiger charge is -2.34. The lowest BCUT2D eigenvalue weighted by molar-refractivity contribution is -0.140. The molecule has 0 aliphatic rings. The molecule has 0 fully saturated rings. The molecular weight excluding hydrogens is 674 g/mol. The monoisotopic (exact) mass is 709 g/mol. The van der Waals surface area contributed by atoms with Gasteiger partial charge in [0.1, 0.15) is 12.6 Å². The Balaban J connectivity index is 1.78. The summed E-state index contributed by atoms with van der Waals surface area (Å²) in [5.74, 6) is -0.802. The number of aryl methyl sites for hydroxylation is 1. The van der Waals surface area contributed by atoms with E-state index in [1.807, 2.05) is 74.5 Å². The van der Waals surface area contributed by atoms with Gasteiger partial charge in [0, 0.05) is 29.0 Å². The highest BCUT2D eigenvalue weighted by Crippen LogP contribution is 2.27. The molecule has 0 radical (unpaired) electrons. The first-order valence-electron chi connectivity index (χ1n) is 14.8. The number of nitrogens with one attached hydrogen (secondary N) is 1. The van der Waals surface area contributed by atoms with E-state index < -0.39 is 28.5 Å². The van der Waals surface area contributed by atoms with Crippen molar-refractivity contribution < 1.29 is 18.0 Å². The molecular formula is C35H37BrClN3O4S. The van der Waals surface area contributed by atoms with Crippen LogP contribution in [0.3, 0.4) is 0 Å². The Kier molecular flexibility index (Phi) is 12.2. The maximum absolute atomic E-state index is 14.5. The summed E-state index contributed by atoms with van der Waals surface area (Å²) >= 11 is 9.52. The average molecular weight is 711 g/mol. The van der Waals surface area contributed by atoms with Gasteiger partial charge in [-0.1, -0.05) is 95.5 Å². The summed E-state index contributed by atoms with van der Waals surface area (Å²) < 4.78 is 30.2. The first-order valence-corrected chi connectivity index (χ1v) is 17.4. The zero-order chi connectivity index (χ0) is 32.4. The van der Waals surface area contributed by atoms with Gasteiger partial charge in [-0.2, -0.15) is 0 Å². The van der Waals surface area contributed by atoms with Crippen molar-refractivity contribution in [3.05, 3.63) is 129 Å². The van der Waals surface area contributed by atoms with E-state index in [-0.39, 0.29) is 23.8 Å². The second kappa shape index (κ2) is 16.1. The molecule has 0 unspecified atom stereocenters. The number of sulfonamides is 1. The quantitative estimate of drug-likeness (QED) is 0.141. The number of carbonyl (C=O) groups excluding carboxylic acids is 2. The minimum Gasteiger partial charge on any atom is -0.354 e. The van der Waals surface area contributed by atoms with Gasteiger partial charge in [0.25, 0.3) is 10.0 Å². The first kappa shape index (κ1) is 34.2. The zero-order valence-electron chi connectivity index (χ0n) is 25.3. The second-order valence-electron chi connectivity index (χ2n) is 10.8. The number of halogens is 2. The largest absolute Gasteiger partial charge is 0.354 e. The lowest BCUT2D eigenvalue weighted by Crippen LogP contribution is -2.53. The van der Waals surface area contributed by atoms with Gasteiger partial charge in [0.15, 0.2) is 0 Å². The average Bonchev–Trinajstić information content (AvgIpc) is 3.03. The summed E-state index contributed by atoms with van der Waals surface area (Å²) in [5.41, 5.74) is 2.86. The van der Waals surface area contributed by atoms with Crippen molar-refractivity contribution in [1.82, 2.24) is 10.2 Å². The van der Waals surface area contributed by atoms with Gasteiger partial charge in [0.2, 0.25) is 11.8 Å². The molecule has 0 heterocycles. The Morgan fingerprint density at radius 3 is 2.22 bits per heavy atom. The van der Waals surface area contributed by atoms with E-state index in [9.17, 15) is 18.0 Å². The molecule has 0 aliphatic heterocycles. The Morgan fingerprint density at radius 1 is 0.889 bits per heavy atom. The van der Waals surface area contributed by atoms with Crippen LogP contribution in [-0.4, -0.2) is 44.3 Å². The number of hydrogen-bond donors (Lipinski definition) is 1. The lowest BCUT2D eigenvalue weighted by atomic mass is 10.0. The van der Waals surface area contributed by atoms with E-state index in [1.165, 1.54) is 29.2 Å². The van der Waals surface area contributed by atoms with Crippen LogP contribution in [-0.2, 0) is 32.6 Å². The topological polar surface area (TPSA) is 86.8 Å². The van der Waals surface area contributed by atoms with E-state index in [1.54, 1.807) is 18.2 Å². The molecule has 4 aromatic rings. The third-order valence-corrected chi connectivity index (χ3v) is 9.91. The number of rotatable bonds is 14. The van der Waals surface area contributed by atoms with Crippen LogP contribution >= 0.6 is 27.5 Å². The summed E-state index contributed by atoms with van der Waals surface area (Å²) in [6.07, 6.45) is 1.96. The van der Waals surface area contributed by atoms with Crippen molar-refractivity contribution in [3.8, 4) is 0 Å². The minimum absolute atomic E-state index is 0.00110. The van der Waals surface area contributed by atoms with E-state index >= 15 is 0 Å². The zero-order valence-corrected chi connectivity index (χ0v) is 28.5. The Morgan fingerprint density at radius 2 is 1.58 bits per heavy atom. The fourth-order valence-corrected chi connectivity index (χ4v) is 6.69. The molecule has 0 aliphatic carbocycles. The molecule has 0 saturated carbocycles. The molecule has 4 rings (SSSR count). The summed E-state index contributed by atoms with van der Waals surface area (Å²) in [6, 6.07) is 28.9. The van der Waals surface area contributed by atoms with Crippen molar-refractivity contribution in [2.45, 2.75) is 50.6 Å². The molecule has 10 heteroatoms. The molecule has 236 valence electrons. The van der Waals surface area contributed by atoms with Crippen molar-refractivity contribution in [1.29, 1.82) is 0 Å². The fourth-order valence-electron chi connectivity index (χ4n) is 4.89. The van der Waals surface area contributed by atoms with Crippen LogP contribution in [0.15, 0.2) is 112 Å². The van der Waals surface area contributed by atoms with Crippen LogP contribution in [0.2, 0.25) is 5.02 Å². The smallest absolute Gasteiger partial charge is 0.264 e. The fraction of sp³-hybridized carbons (Fsp3) is 0.257. The van der Waals surface area contributed by atoms with E-state index in [0.717, 1.165) is 38.3 Å². The molecule has 1 atom stereocenters. The SMILES string of the molecule is CCCCNC(=O)[C@H](Cc1ccccc1)N(Cc1ccc(Br)cc1)C(=O)CN(c1cccc(C)c1)S(=O)(=O)c1ccc(Cl)cc1. The summed E-state index contributed by atoms with van der Waals surface area (Å²) in [7, 11) is -4.20. The Labute approximate surface area is 279 Å². The van der Waals surface area contributed by atoms with Crippen LogP contribution < -0.4 is 9.62 Å². The predicted molar refractivity (Wildman–Crippen MR) is 184 cm³/mol. The van der Waals surface area contributed by atoms with Gasteiger partial charge >= 0.3 is 0 Å². The molecule has 1 N–H and O–H groups in total. The summed E-state index contributed by atoms with van der Waals surface area (Å²) in [4.78, 5) is 29.8. The standard InChI is InChI=1S/C35H37BrClN3O4S/c1-3-4-21-38-35(42)33(23-27-10-6-5-7-11-27)39(24-28-13-15-29(36)16-14-28)34(41)25-40(31-12-8-9-26(2)22-31)45(43,44)32-19-17-30(37)18-20-32/h5-20,22,33H,3-4,21,23-25H2,1-2H3,(H,38,42)/t33-/m0/s1. The number of anilines is 1. The number of unbranched alkanes of at least 4 members (excludes halogenated alkanes) is 1. The van der Waals surface area contributed by atoms with Crippen LogP contribution in [0.4, 0.5) is 5.69 Å². The molecule has 2 amide bonds. The number of nitrogens with zero attached hydrogens (tertiary/aromatic N) is 2. The number of benzene rings is 4. The third kappa shape index (κ3) is 9.42. The normalized spacial score (nSPS) is 11.9. The maximum Gasteiger partial charge on any atom is 0.264 e. The van der Waals surface area contributed by atoms with Crippen LogP contribution in [0.1, 0.15) is 36.5 Å². The summed E-state index contributed by atoms with van der Waals surface area (Å²) in [6.45, 7) is 3.96. The van der Waals surface area contributed by atoms with Crippen LogP contribution in [0, 0.1) is 6.92 Å². The predicted octanol–water partition coefficient (Wildman–Crippen LogP) is 7.16. The van der Waals surface area contributed by atoms with E-state index in [0.29, 0.717) is 17.3 Å². The molecule has 7 nitrogen and oxygen atoms in total. The Hall–Kier alpha value is -3.66. The third-order valence-electron chi connectivity index (χ3n) is 7.34. The van der Waals surface area contributed by atoms with Crippen molar-refractivity contribution in [2.24, 2.45) is 0 Å². The van der Waals surface area contributed by atoms with Crippen molar-refractivity contribution >= 4 is 55.1 Å². The van der Waals surface area contributed by atoms with Gasteiger partial charge in [0.05, 0.1) is 10.6 Å². The first-order chi connectivity index (χ1) is 21.6. The van der Waals surface area contributed by atoms with Gasteiger partial charge in [-0.25, -0.2) is 8.42 Å². The molecule has 4 aromatic carbocycles. The molecule has 45 heavy (non-hydrogen) atoms. The van der Waals surface area contributed by atoms with Crippen LogP contribution in [0.5, 0.6) is 0 Å². The summed E-state index contributed by atoms with van der Waals surface area (Å²) in [5, 5.41) is 3.40. The van der Waals surface area contributed by atoms with Gasteiger partial charge in [-0.05, 0) is 78.6 Å². The Bertz CT molecular complexity index is 1680. The highest BCUT2D eigenvalue weighted by atomic mass is 79.9. The minimum atomic E-state index is -4.20. The molecule has 0 spiro atoms. The van der Waals surface area contributed by atoms with E-state index in [4.69, 9.17) is 11.6 Å². The number of hydrogen-bond acceptors (Lipinski definition) is 4. The van der Waals surface area contributed by atoms with Crippen LogP contribution in [0.25, 0.3) is 0 Å². The van der Waals surface area contributed by atoms with E-state index in [2.05, 4.69) is 21.2 Å². The van der Waals surface area contributed by atoms with Gasteiger partial charge in [-0.15, -0.1) is 0 Å².